The first-order valence-electron chi connectivity index (χ1n) is 5.86. The molecule has 18 heavy (non-hydrogen) atoms. The molecule has 90 valence electrons. The minimum atomic E-state index is 0.750. The molecule has 0 bridgehead atoms. The Morgan fingerprint density at radius 3 is 2.11 bits per heavy atom. The molecular formula is C16H15NS. The van der Waals surface area contributed by atoms with Crippen LogP contribution in [0.25, 0.3) is 0 Å². The molecule has 0 fully saturated rings. The SMILES string of the molecule is Cc1ccc(Sc2ccc(C)cc2C#N)c(C)c1. The summed E-state index contributed by atoms with van der Waals surface area (Å²) in [4.78, 5) is 2.23. The molecule has 0 aliphatic rings. The van der Waals surface area contributed by atoms with Gasteiger partial charge in [-0.2, -0.15) is 5.26 Å². The van der Waals surface area contributed by atoms with Crippen LogP contribution in [0.5, 0.6) is 0 Å². The Labute approximate surface area is 112 Å². The van der Waals surface area contributed by atoms with Gasteiger partial charge in [-0.1, -0.05) is 35.5 Å². The minimum Gasteiger partial charge on any atom is -0.192 e. The van der Waals surface area contributed by atoms with Crippen LogP contribution in [-0.2, 0) is 0 Å². The van der Waals surface area contributed by atoms with E-state index in [9.17, 15) is 5.26 Å². The average molecular weight is 253 g/mol. The van der Waals surface area contributed by atoms with Gasteiger partial charge in [0.2, 0.25) is 0 Å². The van der Waals surface area contributed by atoms with Gasteiger partial charge in [-0.15, -0.1) is 0 Å². The zero-order chi connectivity index (χ0) is 13.1. The van der Waals surface area contributed by atoms with Gasteiger partial charge in [-0.25, -0.2) is 0 Å². The third kappa shape index (κ3) is 2.75. The Hall–Kier alpha value is -1.72. The number of nitrogens with zero attached hydrogens (tertiary/aromatic N) is 1. The van der Waals surface area contributed by atoms with Gasteiger partial charge in [0.15, 0.2) is 0 Å². The molecule has 0 atom stereocenters. The van der Waals surface area contributed by atoms with E-state index in [-0.39, 0.29) is 0 Å². The van der Waals surface area contributed by atoms with Crippen molar-refractivity contribution >= 4 is 11.8 Å². The van der Waals surface area contributed by atoms with E-state index in [2.05, 4.69) is 38.1 Å². The summed E-state index contributed by atoms with van der Waals surface area (Å²) >= 11 is 1.66. The maximum absolute atomic E-state index is 9.17. The van der Waals surface area contributed by atoms with Crippen LogP contribution in [0.3, 0.4) is 0 Å². The van der Waals surface area contributed by atoms with Crippen LogP contribution in [0.1, 0.15) is 22.3 Å². The van der Waals surface area contributed by atoms with Gasteiger partial charge in [0.1, 0.15) is 6.07 Å². The van der Waals surface area contributed by atoms with Crippen LogP contribution in [0.4, 0.5) is 0 Å². The lowest BCUT2D eigenvalue weighted by atomic mass is 10.1. The summed E-state index contributed by atoms with van der Waals surface area (Å²) in [7, 11) is 0. The van der Waals surface area contributed by atoms with Crippen molar-refractivity contribution in [2.75, 3.05) is 0 Å². The molecule has 0 aromatic heterocycles. The fourth-order valence-corrected chi connectivity index (χ4v) is 2.80. The summed E-state index contributed by atoms with van der Waals surface area (Å²) in [6.07, 6.45) is 0. The maximum Gasteiger partial charge on any atom is 0.100 e. The summed E-state index contributed by atoms with van der Waals surface area (Å²) in [6.45, 7) is 6.20. The second kappa shape index (κ2) is 5.29. The van der Waals surface area contributed by atoms with Crippen molar-refractivity contribution in [1.29, 1.82) is 5.26 Å². The number of hydrogen-bond donors (Lipinski definition) is 0. The zero-order valence-electron chi connectivity index (χ0n) is 10.8. The lowest BCUT2D eigenvalue weighted by Crippen LogP contribution is -1.86. The topological polar surface area (TPSA) is 23.8 Å². The average Bonchev–Trinajstić information content (AvgIpc) is 2.34. The molecule has 0 radical (unpaired) electrons. The van der Waals surface area contributed by atoms with Gasteiger partial charge < -0.3 is 0 Å². The Morgan fingerprint density at radius 2 is 1.50 bits per heavy atom. The van der Waals surface area contributed by atoms with Crippen molar-refractivity contribution < 1.29 is 0 Å². The number of nitriles is 1. The van der Waals surface area contributed by atoms with Gasteiger partial charge in [-0.05, 0) is 50.1 Å². The van der Waals surface area contributed by atoms with E-state index in [4.69, 9.17) is 0 Å². The second-order valence-electron chi connectivity index (χ2n) is 4.48. The summed E-state index contributed by atoms with van der Waals surface area (Å²) in [6, 6.07) is 14.7. The maximum atomic E-state index is 9.17. The van der Waals surface area contributed by atoms with E-state index in [1.165, 1.54) is 16.0 Å². The number of hydrogen-bond acceptors (Lipinski definition) is 2. The van der Waals surface area contributed by atoms with Crippen LogP contribution >= 0.6 is 11.8 Å². The molecule has 2 heteroatoms. The summed E-state index contributed by atoms with van der Waals surface area (Å²) in [5.41, 5.74) is 4.39. The highest BCUT2D eigenvalue weighted by Gasteiger charge is 2.06. The van der Waals surface area contributed by atoms with Crippen molar-refractivity contribution in [3.05, 3.63) is 58.7 Å². The van der Waals surface area contributed by atoms with Crippen LogP contribution in [0, 0.1) is 32.1 Å². The minimum absolute atomic E-state index is 0.750. The first-order chi connectivity index (χ1) is 8.60. The first-order valence-corrected chi connectivity index (χ1v) is 6.67. The normalized spacial score (nSPS) is 10.1. The molecule has 0 aliphatic carbocycles. The third-order valence-electron chi connectivity index (χ3n) is 2.81. The molecule has 1 nitrogen and oxygen atoms in total. The molecule has 0 spiro atoms. The van der Waals surface area contributed by atoms with Gasteiger partial charge in [0.05, 0.1) is 5.56 Å². The monoisotopic (exact) mass is 253 g/mol. The summed E-state index contributed by atoms with van der Waals surface area (Å²) in [5.74, 6) is 0. The van der Waals surface area contributed by atoms with Gasteiger partial charge >= 0.3 is 0 Å². The lowest BCUT2D eigenvalue weighted by molar-refractivity contribution is 1.25. The van der Waals surface area contributed by atoms with Gasteiger partial charge in [-0.3, -0.25) is 0 Å². The van der Waals surface area contributed by atoms with E-state index in [1.807, 2.05) is 25.1 Å². The highest BCUT2D eigenvalue weighted by Crippen LogP contribution is 2.33. The van der Waals surface area contributed by atoms with Crippen molar-refractivity contribution in [1.82, 2.24) is 0 Å². The predicted octanol–water partition coefficient (Wildman–Crippen LogP) is 4.63. The van der Waals surface area contributed by atoms with E-state index in [0.717, 1.165) is 16.0 Å². The second-order valence-corrected chi connectivity index (χ2v) is 5.57. The van der Waals surface area contributed by atoms with Crippen molar-refractivity contribution in [2.45, 2.75) is 30.6 Å². The molecular weight excluding hydrogens is 238 g/mol. The fraction of sp³-hybridized carbons (Fsp3) is 0.188. The molecule has 0 heterocycles. The smallest absolute Gasteiger partial charge is 0.100 e. The quantitative estimate of drug-likeness (QED) is 0.778. The first kappa shape index (κ1) is 12.7. The largest absolute Gasteiger partial charge is 0.192 e. The van der Waals surface area contributed by atoms with Crippen LogP contribution in [0.2, 0.25) is 0 Å². The molecule has 0 amide bonds. The Kier molecular flexibility index (Phi) is 3.74. The Morgan fingerprint density at radius 1 is 0.889 bits per heavy atom. The van der Waals surface area contributed by atoms with Crippen molar-refractivity contribution in [2.24, 2.45) is 0 Å². The fourth-order valence-electron chi connectivity index (χ4n) is 1.85. The van der Waals surface area contributed by atoms with E-state index in [1.54, 1.807) is 11.8 Å². The number of benzene rings is 2. The van der Waals surface area contributed by atoms with Crippen LogP contribution in [-0.4, -0.2) is 0 Å². The molecule has 0 saturated carbocycles. The molecule has 2 aromatic carbocycles. The molecule has 0 N–H and O–H groups in total. The third-order valence-corrected chi connectivity index (χ3v) is 4.06. The lowest BCUT2D eigenvalue weighted by Gasteiger charge is -2.08. The zero-order valence-corrected chi connectivity index (χ0v) is 11.6. The number of rotatable bonds is 2. The molecule has 2 aromatic rings. The van der Waals surface area contributed by atoms with Crippen molar-refractivity contribution in [3.63, 3.8) is 0 Å². The molecule has 0 unspecified atom stereocenters. The highest BCUT2D eigenvalue weighted by molar-refractivity contribution is 7.99. The Balaban J connectivity index is 2.37. The van der Waals surface area contributed by atoms with E-state index >= 15 is 0 Å². The van der Waals surface area contributed by atoms with E-state index < -0.39 is 0 Å². The van der Waals surface area contributed by atoms with Gasteiger partial charge in [0.25, 0.3) is 0 Å². The molecule has 0 aliphatic heterocycles. The van der Waals surface area contributed by atoms with Crippen molar-refractivity contribution in [3.8, 4) is 6.07 Å². The summed E-state index contributed by atoms with van der Waals surface area (Å²) in [5, 5.41) is 9.17. The number of aryl methyl sites for hydroxylation is 3. The molecule has 2 rings (SSSR count). The van der Waals surface area contributed by atoms with Crippen LogP contribution < -0.4 is 0 Å². The predicted molar refractivity (Wildman–Crippen MR) is 75.9 cm³/mol. The summed E-state index contributed by atoms with van der Waals surface area (Å²) < 4.78 is 0. The standard InChI is InChI=1S/C16H15NS/c1-11-4-6-15(13(3)8-11)18-16-7-5-12(2)9-14(16)10-17/h4-9H,1-3H3. The van der Waals surface area contributed by atoms with E-state index in [0.29, 0.717) is 0 Å². The molecule has 0 saturated heterocycles. The van der Waals surface area contributed by atoms with Crippen LogP contribution in [0.15, 0.2) is 46.2 Å². The highest BCUT2D eigenvalue weighted by atomic mass is 32.2. The van der Waals surface area contributed by atoms with Gasteiger partial charge in [0, 0.05) is 9.79 Å². The Bertz CT molecular complexity index is 623.